The van der Waals surface area contributed by atoms with Crippen LogP contribution in [-0.2, 0) is 11.2 Å². The Morgan fingerprint density at radius 3 is 2.29 bits per heavy atom. The van der Waals surface area contributed by atoms with E-state index < -0.39 is 0 Å². The van der Waals surface area contributed by atoms with Crippen molar-refractivity contribution >= 4 is 21.8 Å². The Balaban J connectivity index is 2.62. The van der Waals surface area contributed by atoms with E-state index in [0.29, 0.717) is 24.5 Å². The second-order valence-electron chi connectivity index (χ2n) is 6.14. The molecule has 21 heavy (non-hydrogen) atoms. The number of nitrogens with one attached hydrogen (secondary N) is 1. The fraction of sp³-hybridized carbons (Fsp3) is 0.562. The second kappa shape index (κ2) is 7.69. The van der Waals surface area contributed by atoms with Crippen LogP contribution in [0.15, 0.2) is 16.6 Å². The average molecular weight is 358 g/mol. The molecular formula is C16H24BrNO3. The first-order chi connectivity index (χ1) is 9.76. The molecule has 0 spiro atoms. The van der Waals surface area contributed by atoms with Gasteiger partial charge in [0.05, 0.1) is 14.2 Å². The van der Waals surface area contributed by atoms with Gasteiger partial charge in [-0.15, -0.1) is 0 Å². The molecule has 0 aliphatic heterocycles. The number of carbonyl (C=O) groups excluding carboxylic acids is 1. The molecule has 4 nitrogen and oxygen atoms in total. The van der Waals surface area contributed by atoms with Crippen LogP contribution in [0.4, 0.5) is 0 Å². The zero-order valence-electron chi connectivity index (χ0n) is 13.4. The number of rotatable bonds is 6. The highest BCUT2D eigenvalue weighted by molar-refractivity contribution is 9.10. The SMILES string of the molecule is COc1cc(Br)c(CCNC(=O)CC(C)(C)C)cc1OC. The number of methoxy groups -OCH3 is 2. The lowest BCUT2D eigenvalue weighted by Crippen LogP contribution is -2.29. The molecule has 1 amide bonds. The van der Waals surface area contributed by atoms with Gasteiger partial charge in [0.1, 0.15) is 0 Å². The molecule has 118 valence electrons. The first kappa shape index (κ1) is 17.8. The zero-order valence-corrected chi connectivity index (χ0v) is 15.0. The molecule has 1 aromatic rings. The average Bonchev–Trinajstić information content (AvgIpc) is 2.38. The summed E-state index contributed by atoms with van der Waals surface area (Å²) in [6.07, 6.45) is 1.26. The molecule has 1 aromatic carbocycles. The van der Waals surface area contributed by atoms with Crippen LogP contribution in [-0.4, -0.2) is 26.7 Å². The largest absolute Gasteiger partial charge is 0.493 e. The quantitative estimate of drug-likeness (QED) is 0.846. The molecule has 0 fully saturated rings. The Hall–Kier alpha value is -1.23. The van der Waals surface area contributed by atoms with E-state index >= 15 is 0 Å². The summed E-state index contributed by atoms with van der Waals surface area (Å²) in [5.74, 6) is 1.46. The van der Waals surface area contributed by atoms with Crippen LogP contribution in [0.3, 0.4) is 0 Å². The number of halogens is 1. The normalized spacial score (nSPS) is 11.1. The van der Waals surface area contributed by atoms with Crippen molar-refractivity contribution < 1.29 is 14.3 Å². The minimum Gasteiger partial charge on any atom is -0.493 e. The Bertz CT molecular complexity index is 495. The molecule has 0 unspecified atom stereocenters. The van der Waals surface area contributed by atoms with Crippen LogP contribution in [0.2, 0.25) is 0 Å². The first-order valence-corrected chi connectivity index (χ1v) is 7.73. The van der Waals surface area contributed by atoms with Gasteiger partial charge in [-0.25, -0.2) is 0 Å². The van der Waals surface area contributed by atoms with E-state index in [1.165, 1.54) is 0 Å². The predicted molar refractivity (Wildman–Crippen MR) is 88.0 cm³/mol. The molecule has 0 aliphatic carbocycles. The third kappa shape index (κ3) is 5.96. The minimum absolute atomic E-state index is 0.00794. The number of ether oxygens (including phenoxy) is 2. The second-order valence-corrected chi connectivity index (χ2v) is 6.99. The summed E-state index contributed by atoms with van der Waals surface area (Å²) in [7, 11) is 3.22. The van der Waals surface area contributed by atoms with Crippen molar-refractivity contribution in [3.05, 3.63) is 22.2 Å². The van der Waals surface area contributed by atoms with Crippen molar-refractivity contribution in [3.8, 4) is 11.5 Å². The van der Waals surface area contributed by atoms with Gasteiger partial charge in [0.2, 0.25) is 5.91 Å². The van der Waals surface area contributed by atoms with Crippen molar-refractivity contribution in [3.63, 3.8) is 0 Å². The molecule has 0 atom stereocenters. The lowest BCUT2D eigenvalue weighted by molar-refractivity contribution is -0.122. The molecule has 1 rings (SSSR count). The summed E-state index contributed by atoms with van der Waals surface area (Å²) in [5.41, 5.74) is 1.08. The van der Waals surface area contributed by atoms with Crippen LogP contribution in [0, 0.1) is 5.41 Å². The monoisotopic (exact) mass is 357 g/mol. The van der Waals surface area contributed by atoms with Gasteiger partial charge in [0.25, 0.3) is 0 Å². The van der Waals surface area contributed by atoms with Crippen LogP contribution >= 0.6 is 15.9 Å². The predicted octanol–water partition coefficient (Wildman–Crippen LogP) is 3.56. The van der Waals surface area contributed by atoms with Crippen molar-refractivity contribution in [1.82, 2.24) is 5.32 Å². The number of hydrogen-bond acceptors (Lipinski definition) is 3. The number of hydrogen-bond donors (Lipinski definition) is 1. The highest BCUT2D eigenvalue weighted by atomic mass is 79.9. The molecule has 0 saturated heterocycles. The van der Waals surface area contributed by atoms with Gasteiger partial charge in [-0.3, -0.25) is 4.79 Å². The number of amides is 1. The Morgan fingerprint density at radius 2 is 1.76 bits per heavy atom. The lowest BCUT2D eigenvalue weighted by atomic mass is 9.92. The maximum atomic E-state index is 11.8. The van der Waals surface area contributed by atoms with Crippen molar-refractivity contribution in [2.75, 3.05) is 20.8 Å². The Labute approximate surface area is 135 Å². The summed E-state index contributed by atoms with van der Waals surface area (Å²) in [4.78, 5) is 11.8. The molecule has 1 N–H and O–H groups in total. The molecule has 5 heteroatoms. The summed E-state index contributed by atoms with van der Waals surface area (Å²) in [5, 5.41) is 2.95. The summed E-state index contributed by atoms with van der Waals surface area (Å²) in [6, 6.07) is 3.81. The summed E-state index contributed by atoms with van der Waals surface area (Å²) in [6.45, 7) is 6.76. The van der Waals surface area contributed by atoms with Gasteiger partial charge in [-0.05, 0) is 29.5 Å². The van der Waals surface area contributed by atoms with Gasteiger partial charge < -0.3 is 14.8 Å². The Kier molecular flexibility index (Phi) is 6.52. The van der Waals surface area contributed by atoms with E-state index in [-0.39, 0.29) is 11.3 Å². The minimum atomic E-state index is 0.00794. The maximum Gasteiger partial charge on any atom is 0.220 e. The molecule has 0 bridgehead atoms. The standard InChI is InChI=1S/C16H24BrNO3/c1-16(2,3)10-15(19)18-7-6-11-8-13(20-4)14(21-5)9-12(11)17/h8-9H,6-7,10H2,1-5H3,(H,18,19). The molecule has 0 saturated carbocycles. The van der Waals surface area contributed by atoms with E-state index in [4.69, 9.17) is 9.47 Å². The van der Waals surface area contributed by atoms with Gasteiger partial charge in [0.15, 0.2) is 11.5 Å². The van der Waals surface area contributed by atoms with Crippen LogP contribution in [0.25, 0.3) is 0 Å². The molecular weight excluding hydrogens is 334 g/mol. The summed E-state index contributed by atoms with van der Waals surface area (Å²) < 4.78 is 11.5. The van der Waals surface area contributed by atoms with Crippen molar-refractivity contribution in [1.29, 1.82) is 0 Å². The van der Waals surface area contributed by atoms with Gasteiger partial charge in [-0.2, -0.15) is 0 Å². The molecule has 0 heterocycles. The maximum absolute atomic E-state index is 11.8. The van der Waals surface area contributed by atoms with E-state index in [1.54, 1.807) is 14.2 Å². The highest BCUT2D eigenvalue weighted by Crippen LogP contribution is 2.33. The third-order valence-corrected chi connectivity index (χ3v) is 3.70. The zero-order chi connectivity index (χ0) is 16.0. The topological polar surface area (TPSA) is 47.6 Å². The molecule has 0 radical (unpaired) electrons. The van der Waals surface area contributed by atoms with Crippen LogP contribution in [0.1, 0.15) is 32.8 Å². The highest BCUT2D eigenvalue weighted by Gasteiger charge is 2.15. The van der Waals surface area contributed by atoms with Crippen molar-refractivity contribution in [2.45, 2.75) is 33.6 Å². The van der Waals surface area contributed by atoms with E-state index in [0.717, 1.165) is 16.5 Å². The van der Waals surface area contributed by atoms with Crippen LogP contribution < -0.4 is 14.8 Å². The first-order valence-electron chi connectivity index (χ1n) is 6.94. The molecule has 0 aromatic heterocycles. The van der Waals surface area contributed by atoms with Gasteiger partial charge in [0, 0.05) is 17.4 Å². The molecule has 0 aliphatic rings. The Morgan fingerprint density at radius 1 is 1.19 bits per heavy atom. The lowest BCUT2D eigenvalue weighted by Gasteiger charge is -2.17. The number of carbonyl (C=O) groups is 1. The fourth-order valence-corrected chi connectivity index (χ4v) is 2.49. The third-order valence-electron chi connectivity index (χ3n) is 2.96. The summed E-state index contributed by atoms with van der Waals surface area (Å²) >= 11 is 3.52. The smallest absolute Gasteiger partial charge is 0.220 e. The van der Waals surface area contributed by atoms with E-state index in [9.17, 15) is 4.79 Å². The number of benzene rings is 1. The van der Waals surface area contributed by atoms with E-state index in [1.807, 2.05) is 12.1 Å². The van der Waals surface area contributed by atoms with Crippen molar-refractivity contribution in [2.24, 2.45) is 5.41 Å². The van der Waals surface area contributed by atoms with Gasteiger partial charge in [-0.1, -0.05) is 36.7 Å². The van der Waals surface area contributed by atoms with Gasteiger partial charge >= 0.3 is 0 Å². The van der Waals surface area contributed by atoms with Crippen LogP contribution in [0.5, 0.6) is 11.5 Å². The van der Waals surface area contributed by atoms with E-state index in [2.05, 4.69) is 42.0 Å². The fourth-order valence-electron chi connectivity index (χ4n) is 1.97.